The third-order valence-corrected chi connectivity index (χ3v) is 3.54. The van der Waals surface area contributed by atoms with E-state index in [4.69, 9.17) is 9.47 Å². The number of carbonyl (C=O) groups excluding carboxylic acids is 1. The molecule has 0 spiro atoms. The molecule has 0 fully saturated rings. The van der Waals surface area contributed by atoms with Gasteiger partial charge >= 0.3 is 6.03 Å². The highest BCUT2D eigenvalue weighted by Crippen LogP contribution is 2.38. The summed E-state index contributed by atoms with van der Waals surface area (Å²) in [6.07, 6.45) is 0. The van der Waals surface area contributed by atoms with Crippen molar-refractivity contribution in [1.82, 2.24) is 10.3 Å². The maximum absolute atomic E-state index is 11.7. The molecule has 0 atom stereocenters. The normalized spacial score (nSPS) is 10.7. The lowest BCUT2D eigenvalue weighted by Crippen LogP contribution is -2.34. The number of carbonyl (C=O) groups is 1. The molecule has 2 rings (SSSR count). The summed E-state index contributed by atoms with van der Waals surface area (Å²) in [6.45, 7) is 3.79. The third-order valence-electron chi connectivity index (χ3n) is 2.55. The highest BCUT2D eigenvalue weighted by Gasteiger charge is 2.15. The first kappa shape index (κ1) is 14.4. The number of hydrogen-bond acceptors (Lipinski definition) is 5. The Hall–Kier alpha value is -2.02. The van der Waals surface area contributed by atoms with Crippen LogP contribution in [-0.2, 0) is 0 Å². The molecule has 0 aliphatic rings. The van der Waals surface area contributed by atoms with Crippen molar-refractivity contribution in [3.8, 4) is 11.5 Å². The molecule has 0 saturated carbocycles. The topological polar surface area (TPSA) is 72.5 Å². The molecule has 0 radical (unpaired) electrons. The molecule has 0 aliphatic carbocycles. The van der Waals surface area contributed by atoms with Crippen LogP contribution in [0.1, 0.15) is 13.8 Å². The molecule has 2 N–H and O–H groups in total. The van der Waals surface area contributed by atoms with Crippen LogP contribution in [0.3, 0.4) is 0 Å². The molecule has 1 aromatic heterocycles. The molecular weight excluding hydrogens is 278 g/mol. The van der Waals surface area contributed by atoms with Crippen molar-refractivity contribution in [2.45, 2.75) is 19.9 Å². The van der Waals surface area contributed by atoms with Crippen molar-refractivity contribution in [1.29, 1.82) is 0 Å². The van der Waals surface area contributed by atoms with Gasteiger partial charge in [0.15, 0.2) is 5.13 Å². The number of urea groups is 1. The summed E-state index contributed by atoms with van der Waals surface area (Å²) in [7, 11) is 3.18. The summed E-state index contributed by atoms with van der Waals surface area (Å²) in [5, 5.41) is 5.96. The number of rotatable bonds is 4. The molecule has 20 heavy (non-hydrogen) atoms. The molecule has 2 aromatic rings. The smallest absolute Gasteiger partial charge is 0.321 e. The molecule has 1 aromatic carbocycles. The van der Waals surface area contributed by atoms with Crippen LogP contribution in [-0.4, -0.2) is 31.3 Å². The SMILES string of the molecule is COc1ccc(OC)c2sc(NC(=O)NC(C)C)nc12. The van der Waals surface area contributed by atoms with Crippen molar-refractivity contribution >= 4 is 32.7 Å². The van der Waals surface area contributed by atoms with Crippen LogP contribution >= 0.6 is 11.3 Å². The van der Waals surface area contributed by atoms with Crippen molar-refractivity contribution in [2.24, 2.45) is 0 Å². The molecule has 6 nitrogen and oxygen atoms in total. The largest absolute Gasteiger partial charge is 0.495 e. The van der Waals surface area contributed by atoms with Gasteiger partial charge in [-0.15, -0.1) is 0 Å². The third kappa shape index (κ3) is 2.93. The number of fused-ring (bicyclic) bond motifs is 1. The quantitative estimate of drug-likeness (QED) is 0.909. The van der Waals surface area contributed by atoms with Gasteiger partial charge in [-0.1, -0.05) is 11.3 Å². The van der Waals surface area contributed by atoms with Crippen molar-refractivity contribution in [3.63, 3.8) is 0 Å². The Morgan fingerprint density at radius 3 is 2.50 bits per heavy atom. The molecule has 0 unspecified atom stereocenters. The number of amides is 2. The van der Waals surface area contributed by atoms with Gasteiger partial charge in [-0.3, -0.25) is 5.32 Å². The summed E-state index contributed by atoms with van der Waals surface area (Å²) in [4.78, 5) is 16.1. The van der Waals surface area contributed by atoms with E-state index in [1.54, 1.807) is 20.3 Å². The fourth-order valence-electron chi connectivity index (χ4n) is 1.73. The number of ether oxygens (including phenoxy) is 2. The Balaban J connectivity index is 2.34. The van der Waals surface area contributed by atoms with E-state index in [0.29, 0.717) is 22.1 Å². The zero-order chi connectivity index (χ0) is 14.7. The van der Waals surface area contributed by atoms with Gasteiger partial charge in [0.2, 0.25) is 0 Å². The van der Waals surface area contributed by atoms with Crippen molar-refractivity contribution in [2.75, 3.05) is 19.5 Å². The van der Waals surface area contributed by atoms with E-state index < -0.39 is 0 Å². The van der Waals surface area contributed by atoms with E-state index in [2.05, 4.69) is 15.6 Å². The monoisotopic (exact) mass is 295 g/mol. The zero-order valence-electron chi connectivity index (χ0n) is 11.8. The van der Waals surface area contributed by atoms with E-state index in [1.807, 2.05) is 19.9 Å². The number of anilines is 1. The van der Waals surface area contributed by atoms with E-state index in [1.165, 1.54) is 11.3 Å². The Morgan fingerprint density at radius 1 is 1.25 bits per heavy atom. The predicted octanol–water partition coefficient (Wildman–Crippen LogP) is 2.84. The first-order valence-corrected chi connectivity index (χ1v) is 6.95. The maximum atomic E-state index is 11.7. The lowest BCUT2D eigenvalue weighted by Gasteiger charge is -2.07. The predicted molar refractivity (Wildman–Crippen MR) is 80.0 cm³/mol. The standard InChI is InChI=1S/C13H17N3O3S/c1-7(2)14-12(17)16-13-15-10-8(18-3)5-6-9(19-4)11(10)20-13/h5-7H,1-4H3,(H2,14,15,16,17). The minimum Gasteiger partial charge on any atom is -0.495 e. The number of hydrogen-bond donors (Lipinski definition) is 2. The average molecular weight is 295 g/mol. The maximum Gasteiger partial charge on any atom is 0.321 e. The highest BCUT2D eigenvalue weighted by atomic mass is 32.1. The van der Waals surface area contributed by atoms with Crippen molar-refractivity contribution < 1.29 is 14.3 Å². The Kier molecular flexibility index (Phi) is 4.29. The Labute approximate surface area is 121 Å². The van der Waals surface area contributed by atoms with Gasteiger partial charge < -0.3 is 14.8 Å². The van der Waals surface area contributed by atoms with Gasteiger partial charge in [0.25, 0.3) is 0 Å². The molecule has 1 heterocycles. The molecule has 0 aliphatic heterocycles. The van der Waals surface area contributed by atoms with Crippen LogP contribution in [0, 0.1) is 0 Å². The number of nitrogens with zero attached hydrogens (tertiary/aromatic N) is 1. The number of thiazole rings is 1. The highest BCUT2D eigenvalue weighted by molar-refractivity contribution is 7.22. The van der Waals surface area contributed by atoms with E-state index in [0.717, 1.165) is 4.70 Å². The zero-order valence-corrected chi connectivity index (χ0v) is 12.6. The molecular formula is C13H17N3O3S. The Bertz CT molecular complexity index is 584. The number of methoxy groups -OCH3 is 2. The van der Waals surface area contributed by atoms with Crippen LogP contribution in [0.4, 0.5) is 9.93 Å². The van der Waals surface area contributed by atoms with Crippen LogP contribution in [0.2, 0.25) is 0 Å². The summed E-state index contributed by atoms with van der Waals surface area (Å²) >= 11 is 1.35. The first-order chi connectivity index (χ1) is 9.55. The lowest BCUT2D eigenvalue weighted by atomic mass is 10.3. The second-order valence-electron chi connectivity index (χ2n) is 4.42. The van der Waals surface area contributed by atoms with Crippen LogP contribution < -0.4 is 20.1 Å². The van der Waals surface area contributed by atoms with Crippen LogP contribution in [0.5, 0.6) is 11.5 Å². The summed E-state index contributed by atoms with van der Waals surface area (Å²) < 4.78 is 11.4. The summed E-state index contributed by atoms with van der Waals surface area (Å²) in [5.74, 6) is 1.35. The minimum absolute atomic E-state index is 0.0634. The van der Waals surface area contributed by atoms with Gasteiger partial charge in [-0.2, -0.15) is 0 Å². The lowest BCUT2D eigenvalue weighted by molar-refractivity contribution is 0.250. The molecule has 0 bridgehead atoms. The van der Waals surface area contributed by atoms with Gasteiger partial charge in [-0.25, -0.2) is 9.78 Å². The van der Waals surface area contributed by atoms with E-state index >= 15 is 0 Å². The summed E-state index contributed by atoms with van der Waals surface area (Å²) in [6, 6.07) is 3.39. The van der Waals surface area contributed by atoms with E-state index in [-0.39, 0.29) is 12.1 Å². The Morgan fingerprint density at radius 2 is 1.90 bits per heavy atom. The van der Waals surface area contributed by atoms with Crippen molar-refractivity contribution in [3.05, 3.63) is 12.1 Å². The average Bonchev–Trinajstić information content (AvgIpc) is 2.79. The fourth-order valence-corrected chi connectivity index (χ4v) is 2.70. The fraction of sp³-hybridized carbons (Fsp3) is 0.385. The molecule has 2 amide bonds. The molecule has 7 heteroatoms. The summed E-state index contributed by atoms with van der Waals surface area (Å²) in [5.41, 5.74) is 0.677. The molecule has 0 saturated heterocycles. The molecule has 108 valence electrons. The second-order valence-corrected chi connectivity index (χ2v) is 5.42. The second kappa shape index (κ2) is 5.96. The van der Waals surface area contributed by atoms with Gasteiger partial charge in [0, 0.05) is 6.04 Å². The minimum atomic E-state index is -0.281. The number of nitrogens with one attached hydrogen (secondary N) is 2. The number of benzene rings is 1. The van der Waals surface area contributed by atoms with Gasteiger partial charge in [0.1, 0.15) is 21.7 Å². The van der Waals surface area contributed by atoms with Gasteiger partial charge in [-0.05, 0) is 26.0 Å². The van der Waals surface area contributed by atoms with Gasteiger partial charge in [0.05, 0.1) is 14.2 Å². The van der Waals surface area contributed by atoms with E-state index in [9.17, 15) is 4.79 Å². The van der Waals surface area contributed by atoms with Crippen LogP contribution in [0.15, 0.2) is 12.1 Å². The number of aromatic nitrogens is 1. The first-order valence-electron chi connectivity index (χ1n) is 6.14. The van der Waals surface area contributed by atoms with Crippen LogP contribution in [0.25, 0.3) is 10.2 Å².